The molecule has 3 rings (SSSR count). The lowest BCUT2D eigenvalue weighted by atomic mass is 10.1. The van der Waals surface area contributed by atoms with Crippen LogP contribution in [0.4, 0.5) is 0 Å². The highest BCUT2D eigenvalue weighted by molar-refractivity contribution is 5.82. The maximum absolute atomic E-state index is 12.1. The van der Waals surface area contributed by atoms with Crippen LogP contribution in [0.3, 0.4) is 0 Å². The van der Waals surface area contributed by atoms with E-state index in [-0.39, 0.29) is 11.9 Å². The van der Waals surface area contributed by atoms with E-state index in [0.29, 0.717) is 17.8 Å². The van der Waals surface area contributed by atoms with Crippen LogP contribution in [0, 0.1) is 17.8 Å². The fraction of sp³-hybridized carbons (Fsp3) is 0.692. The van der Waals surface area contributed by atoms with Crippen LogP contribution in [0.2, 0.25) is 0 Å². The number of hydrogen-bond acceptors (Lipinski definition) is 2. The van der Waals surface area contributed by atoms with Crippen LogP contribution in [0.25, 0.3) is 0 Å². The highest BCUT2D eigenvalue weighted by atomic mass is 16.2. The topological polar surface area (TPSA) is 57.8 Å². The number of aromatic amines is 1. The minimum atomic E-state index is 0.0406. The number of nitrogens with zero attached hydrogens (tertiary/aromatic N) is 1. The van der Waals surface area contributed by atoms with E-state index >= 15 is 0 Å². The van der Waals surface area contributed by atoms with Crippen molar-refractivity contribution in [2.45, 2.75) is 38.6 Å². The van der Waals surface area contributed by atoms with E-state index in [4.69, 9.17) is 0 Å². The Labute approximate surface area is 101 Å². The molecule has 17 heavy (non-hydrogen) atoms. The molecule has 0 radical (unpaired) electrons. The fourth-order valence-corrected chi connectivity index (χ4v) is 3.31. The minimum absolute atomic E-state index is 0.0406. The van der Waals surface area contributed by atoms with Gasteiger partial charge >= 0.3 is 0 Å². The first kappa shape index (κ1) is 10.8. The molecular formula is C13H19N3O. The normalized spacial score (nSPS) is 31.9. The van der Waals surface area contributed by atoms with E-state index in [0.717, 1.165) is 12.2 Å². The summed E-state index contributed by atoms with van der Waals surface area (Å²) in [5.41, 5.74) is 0. The Hall–Kier alpha value is -1.32. The lowest BCUT2D eigenvalue weighted by Gasteiger charge is -2.15. The van der Waals surface area contributed by atoms with Crippen molar-refractivity contribution >= 4 is 5.91 Å². The minimum Gasteiger partial charge on any atom is -0.347 e. The van der Waals surface area contributed by atoms with Gasteiger partial charge < -0.3 is 10.3 Å². The second kappa shape index (κ2) is 4.17. The Balaban J connectivity index is 1.60. The molecule has 2 N–H and O–H groups in total. The highest BCUT2D eigenvalue weighted by Crippen LogP contribution is 2.57. The van der Waals surface area contributed by atoms with Gasteiger partial charge in [0.05, 0.1) is 6.04 Å². The highest BCUT2D eigenvalue weighted by Gasteiger charge is 2.56. The van der Waals surface area contributed by atoms with Gasteiger partial charge in [0, 0.05) is 18.3 Å². The van der Waals surface area contributed by atoms with Crippen LogP contribution in [0.1, 0.15) is 44.5 Å². The van der Waals surface area contributed by atoms with Crippen molar-refractivity contribution in [3.63, 3.8) is 0 Å². The third kappa shape index (κ3) is 1.85. The Kier molecular flexibility index (Phi) is 2.65. The number of hydrogen-bond donors (Lipinski definition) is 2. The summed E-state index contributed by atoms with van der Waals surface area (Å²) in [6.07, 6.45) is 8.22. The van der Waals surface area contributed by atoms with Crippen molar-refractivity contribution in [2.24, 2.45) is 17.8 Å². The average molecular weight is 233 g/mol. The zero-order chi connectivity index (χ0) is 11.8. The second-order valence-corrected chi connectivity index (χ2v) is 5.23. The van der Waals surface area contributed by atoms with Crippen molar-refractivity contribution in [2.75, 3.05) is 0 Å². The van der Waals surface area contributed by atoms with Crippen LogP contribution < -0.4 is 5.32 Å². The standard InChI is InChI=1S/C13H19N3O/c1-2-10(12-14-6-7-15-12)16-13(17)11-8-4-3-5-9(8)11/h6-11H,2-5H2,1H3,(H,14,15)(H,16,17)/t8-,9-,10+/m1/s1. The Morgan fingerprint density at radius 1 is 1.59 bits per heavy atom. The quantitative estimate of drug-likeness (QED) is 0.836. The van der Waals surface area contributed by atoms with Crippen molar-refractivity contribution in [1.29, 1.82) is 0 Å². The van der Waals surface area contributed by atoms with Crippen LogP contribution in [0.15, 0.2) is 12.4 Å². The molecule has 0 aliphatic heterocycles. The summed E-state index contributed by atoms with van der Waals surface area (Å²) in [5.74, 6) is 2.77. The molecule has 92 valence electrons. The molecule has 1 aromatic heterocycles. The molecule has 0 bridgehead atoms. The van der Waals surface area contributed by atoms with E-state index < -0.39 is 0 Å². The molecule has 3 atom stereocenters. The summed E-state index contributed by atoms with van der Waals surface area (Å²) < 4.78 is 0. The first-order valence-electron chi connectivity index (χ1n) is 6.61. The van der Waals surface area contributed by atoms with Crippen LogP contribution in [-0.2, 0) is 4.79 Å². The van der Waals surface area contributed by atoms with E-state index in [1.165, 1.54) is 19.3 Å². The monoisotopic (exact) mass is 233 g/mol. The van der Waals surface area contributed by atoms with Gasteiger partial charge in [-0.15, -0.1) is 0 Å². The SMILES string of the molecule is CC[C@H](NC(=O)C1[C@@H]2CCC[C@@H]12)c1ncc[nH]1. The van der Waals surface area contributed by atoms with Crippen LogP contribution in [-0.4, -0.2) is 15.9 Å². The molecule has 2 aliphatic rings. The molecule has 2 aliphatic carbocycles. The number of carbonyl (C=O) groups excluding carboxylic acids is 1. The molecule has 0 aromatic carbocycles. The van der Waals surface area contributed by atoms with Crippen LogP contribution >= 0.6 is 0 Å². The predicted octanol–water partition coefficient (Wildman–Crippen LogP) is 2.02. The third-order valence-corrected chi connectivity index (χ3v) is 4.28. The smallest absolute Gasteiger partial charge is 0.224 e. The van der Waals surface area contributed by atoms with E-state index in [1.807, 2.05) is 0 Å². The van der Waals surface area contributed by atoms with Crippen molar-refractivity contribution in [1.82, 2.24) is 15.3 Å². The number of amides is 1. The number of aromatic nitrogens is 2. The van der Waals surface area contributed by atoms with Gasteiger partial charge in [0.1, 0.15) is 5.82 Å². The summed E-state index contributed by atoms with van der Waals surface area (Å²) in [6.45, 7) is 2.07. The molecule has 1 amide bonds. The zero-order valence-corrected chi connectivity index (χ0v) is 10.1. The first-order chi connectivity index (χ1) is 8.31. The molecule has 0 saturated heterocycles. The molecule has 1 aromatic rings. The number of imidazole rings is 1. The van der Waals surface area contributed by atoms with Crippen molar-refractivity contribution in [3.8, 4) is 0 Å². The van der Waals surface area contributed by atoms with Crippen molar-refractivity contribution in [3.05, 3.63) is 18.2 Å². The van der Waals surface area contributed by atoms with E-state index in [2.05, 4.69) is 22.2 Å². The lowest BCUT2D eigenvalue weighted by Crippen LogP contribution is -2.31. The summed E-state index contributed by atoms with van der Waals surface area (Å²) >= 11 is 0. The maximum atomic E-state index is 12.1. The van der Waals surface area contributed by atoms with Crippen molar-refractivity contribution < 1.29 is 4.79 Å². The van der Waals surface area contributed by atoms with Gasteiger partial charge in [-0.05, 0) is 31.1 Å². The Morgan fingerprint density at radius 3 is 2.94 bits per heavy atom. The first-order valence-corrected chi connectivity index (χ1v) is 6.61. The maximum Gasteiger partial charge on any atom is 0.224 e. The molecule has 0 spiro atoms. The van der Waals surface area contributed by atoms with Crippen LogP contribution in [0.5, 0.6) is 0 Å². The Bertz CT molecular complexity index is 391. The molecule has 4 heteroatoms. The van der Waals surface area contributed by atoms with Gasteiger partial charge in [-0.1, -0.05) is 13.3 Å². The predicted molar refractivity (Wildman–Crippen MR) is 64.1 cm³/mol. The molecule has 1 heterocycles. The van der Waals surface area contributed by atoms with Gasteiger partial charge in [0.2, 0.25) is 5.91 Å². The number of fused-ring (bicyclic) bond motifs is 1. The van der Waals surface area contributed by atoms with Gasteiger partial charge in [-0.2, -0.15) is 0 Å². The van der Waals surface area contributed by atoms with Gasteiger partial charge in [0.25, 0.3) is 0 Å². The lowest BCUT2D eigenvalue weighted by molar-refractivity contribution is -0.123. The second-order valence-electron chi connectivity index (χ2n) is 5.23. The largest absolute Gasteiger partial charge is 0.347 e. The molecule has 2 saturated carbocycles. The average Bonchev–Trinajstić information content (AvgIpc) is 2.82. The van der Waals surface area contributed by atoms with E-state index in [9.17, 15) is 4.79 Å². The summed E-state index contributed by atoms with van der Waals surface area (Å²) in [5, 5.41) is 3.13. The van der Waals surface area contributed by atoms with Gasteiger partial charge in [-0.3, -0.25) is 4.79 Å². The fourth-order valence-electron chi connectivity index (χ4n) is 3.31. The Morgan fingerprint density at radius 2 is 2.35 bits per heavy atom. The van der Waals surface area contributed by atoms with Gasteiger partial charge in [0.15, 0.2) is 0 Å². The van der Waals surface area contributed by atoms with E-state index in [1.54, 1.807) is 12.4 Å². The third-order valence-electron chi connectivity index (χ3n) is 4.28. The number of carbonyl (C=O) groups is 1. The molecule has 0 unspecified atom stereocenters. The molecule has 4 nitrogen and oxygen atoms in total. The zero-order valence-electron chi connectivity index (χ0n) is 10.1. The molecule has 2 fully saturated rings. The number of nitrogens with one attached hydrogen (secondary N) is 2. The summed E-state index contributed by atoms with van der Waals surface area (Å²) in [6, 6.07) is 0.0406. The number of H-pyrrole nitrogens is 1. The van der Waals surface area contributed by atoms with Gasteiger partial charge in [-0.25, -0.2) is 4.98 Å². The molecular weight excluding hydrogens is 214 g/mol. The summed E-state index contributed by atoms with van der Waals surface area (Å²) in [7, 11) is 0. The number of rotatable bonds is 4. The summed E-state index contributed by atoms with van der Waals surface area (Å²) in [4.78, 5) is 19.4.